The number of hydrogen-bond donors (Lipinski definition) is 2. The highest BCUT2D eigenvalue weighted by Gasteiger charge is 2.36. The van der Waals surface area contributed by atoms with Crippen LogP contribution in [-0.2, 0) is 14.6 Å². The van der Waals surface area contributed by atoms with Gasteiger partial charge in [-0.15, -0.1) is 5.10 Å². The summed E-state index contributed by atoms with van der Waals surface area (Å²) in [7, 11) is -3.25. The predicted octanol–water partition coefficient (Wildman–Crippen LogP) is -0.117. The summed E-state index contributed by atoms with van der Waals surface area (Å²) in [4.78, 5) is 6.41. The van der Waals surface area contributed by atoms with E-state index in [9.17, 15) is 8.42 Å². The van der Waals surface area contributed by atoms with Crippen molar-refractivity contribution in [2.24, 2.45) is 0 Å². The molecule has 0 radical (unpaired) electrons. The summed E-state index contributed by atoms with van der Waals surface area (Å²) < 4.78 is 22.5. The van der Waals surface area contributed by atoms with E-state index in [0.717, 1.165) is 19.6 Å². The van der Waals surface area contributed by atoms with Crippen LogP contribution in [0, 0.1) is 0 Å². The lowest BCUT2D eigenvalue weighted by atomic mass is 10.2. The number of nitrogens with zero attached hydrogens (tertiary/aromatic N) is 3. The Morgan fingerprint density at radius 3 is 2.68 bits per heavy atom. The van der Waals surface area contributed by atoms with Gasteiger partial charge in [-0.05, 0) is 20.8 Å². The first-order valence-electron chi connectivity index (χ1n) is 6.32. The molecule has 2 N–H and O–H groups in total. The standard InChI is InChI=1S/C11H21N5O2S/c1-8-7-16(6-5-12-8)10-13-9(14-15-10)11(2,3)19(4,17)18/h8,12H,5-7H2,1-4H3,(H,13,14,15). The molecule has 0 saturated carbocycles. The lowest BCUT2D eigenvalue weighted by Crippen LogP contribution is -2.49. The van der Waals surface area contributed by atoms with Gasteiger partial charge >= 0.3 is 0 Å². The fourth-order valence-corrected chi connectivity index (χ4v) is 2.40. The van der Waals surface area contributed by atoms with Crippen LogP contribution in [-0.4, -0.2) is 55.5 Å². The second-order valence-corrected chi connectivity index (χ2v) is 8.13. The quantitative estimate of drug-likeness (QED) is 0.805. The van der Waals surface area contributed by atoms with Gasteiger partial charge in [0.25, 0.3) is 0 Å². The molecule has 2 heterocycles. The van der Waals surface area contributed by atoms with Crippen LogP contribution in [0.3, 0.4) is 0 Å². The molecule has 0 amide bonds. The van der Waals surface area contributed by atoms with Crippen LogP contribution in [0.4, 0.5) is 5.95 Å². The molecule has 1 unspecified atom stereocenters. The Morgan fingerprint density at radius 2 is 2.11 bits per heavy atom. The number of aromatic nitrogens is 3. The first-order chi connectivity index (χ1) is 8.72. The van der Waals surface area contributed by atoms with E-state index >= 15 is 0 Å². The molecule has 2 rings (SSSR count). The Labute approximate surface area is 113 Å². The SMILES string of the molecule is CC1CN(c2n[nH]c(C(C)(C)S(C)(=O)=O)n2)CCN1. The van der Waals surface area contributed by atoms with Gasteiger partial charge in [0.1, 0.15) is 10.6 Å². The van der Waals surface area contributed by atoms with Gasteiger partial charge in [-0.3, -0.25) is 5.10 Å². The summed E-state index contributed by atoms with van der Waals surface area (Å²) >= 11 is 0. The second-order valence-electron chi connectivity index (χ2n) is 5.57. The van der Waals surface area contributed by atoms with E-state index in [1.54, 1.807) is 13.8 Å². The molecule has 7 nitrogen and oxygen atoms in total. The van der Waals surface area contributed by atoms with Gasteiger partial charge in [0.15, 0.2) is 9.84 Å². The molecule has 1 atom stereocenters. The predicted molar refractivity (Wildman–Crippen MR) is 73.9 cm³/mol. The molecule has 0 spiro atoms. The summed E-state index contributed by atoms with van der Waals surface area (Å²) in [6.07, 6.45) is 1.21. The Kier molecular flexibility index (Phi) is 3.57. The summed E-state index contributed by atoms with van der Waals surface area (Å²) in [5.74, 6) is 0.955. The van der Waals surface area contributed by atoms with E-state index in [4.69, 9.17) is 0 Å². The van der Waals surface area contributed by atoms with E-state index in [2.05, 4.69) is 32.3 Å². The molecular formula is C11H21N5O2S. The monoisotopic (exact) mass is 287 g/mol. The van der Waals surface area contributed by atoms with Crippen molar-refractivity contribution < 1.29 is 8.42 Å². The molecule has 108 valence electrons. The topological polar surface area (TPSA) is 91.0 Å². The lowest BCUT2D eigenvalue weighted by Gasteiger charge is -2.30. The molecule has 1 aliphatic rings. The number of anilines is 1. The maximum atomic E-state index is 11.8. The van der Waals surface area contributed by atoms with Crippen LogP contribution in [0.15, 0.2) is 0 Å². The first-order valence-corrected chi connectivity index (χ1v) is 8.22. The van der Waals surface area contributed by atoms with Crippen LogP contribution in [0.1, 0.15) is 26.6 Å². The molecule has 1 aromatic heterocycles. The maximum Gasteiger partial charge on any atom is 0.244 e. The van der Waals surface area contributed by atoms with E-state index in [-0.39, 0.29) is 0 Å². The smallest absolute Gasteiger partial charge is 0.244 e. The number of hydrogen-bond acceptors (Lipinski definition) is 6. The van der Waals surface area contributed by atoms with E-state index in [1.807, 2.05) is 0 Å². The Balaban J connectivity index is 2.24. The van der Waals surface area contributed by atoms with Gasteiger partial charge in [0.2, 0.25) is 5.95 Å². The van der Waals surface area contributed by atoms with Gasteiger partial charge < -0.3 is 10.2 Å². The fourth-order valence-electron chi connectivity index (χ4n) is 1.95. The van der Waals surface area contributed by atoms with Crippen molar-refractivity contribution in [3.63, 3.8) is 0 Å². The number of nitrogens with one attached hydrogen (secondary N) is 2. The number of piperazine rings is 1. The van der Waals surface area contributed by atoms with Gasteiger partial charge in [0.05, 0.1) is 0 Å². The van der Waals surface area contributed by atoms with E-state index in [1.165, 1.54) is 6.26 Å². The van der Waals surface area contributed by atoms with Crippen molar-refractivity contribution in [3.05, 3.63) is 5.82 Å². The normalized spacial score (nSPS) is 21.7. The van der Waals surface area contributed by atoms with Crippen molar-refractivity contribution in [3.8, 4) is 0 Å². The third-order valence-electron chi connectivity index (χ3n) is 3.62. The molecule has 0 aliphatic carbocycles. The summed E-state index contributed by atoms with van der Waals surface area (Å²) in [6, 6.07) is 0.374. The zero-order valence-electron chi connectivity index (χ0n) is 11.8. The van der Waals surface area contributed by atoms with Gasteiger partial charge in [-0.25, -0.2) is 8.42 Å². The minimum Gasteiger partial charge on any atom is -0.337 e. The Hall–Kier alpha value is -1.15. The van der Waals surface area contributed by atoms with Crippen molar-refractivity contribution >= 4 is 15.8 Å². The number of sulfone groups is 1. The molecule has 0 bridgehead atoms. The van der Waals surface area contributed by atoms with Crippen LogP contribution in [0.25, 0.3) is 0 Å². The minimum atomic E-state index is -3.25. The third kappa shape index (κ3) is 2.74. The molecule has 1 saturated heterocycles. The van der Waals surface area contributed by atoms with Crippen LogP contribution in [0.5, 0.6) is 0 Å². The third-order valence-corrected chi connectivity index (χ3v) is 5.67. The van der Waals surface area contributed by atoms with Gasteiger partial charge in [-0.2, -0.15) is 4.98 Å². The molecule has 1 aromatic rings. The van der Waals surface area contributed by atoms with Crippen LogP contribution in [0.2, 0.25) is 0 Å². The summed E-state index contributed by atoms with van der Waals surface area (Å²) in [5.41, 5.74) is 0. The minimum absolute atomic E-state index is 0.374. The molecule has 0 aromatic carbocycles. The molecular weight excluding hydrogens is 266 g/mol. The van der Waals surface area contributed by atoms with Crippen LogP contribution < -0.4 is 10.2 Å². The summed E-state index contributed by atoms with van der Waals surface area (Å²) in [6.45, 7) is 7.87. The number of rotatable bonds is 3. The van der Waals surface area contributed by atoms with Crippen molar-refractivity contribution in [1.82, 2.24) is 20.5 Å². The lowest BCUT2D eigenvalue weighted by molar-refractivity contribution is 0.479. The number of aromatic amines is 1. The first kappa shape index (κ1) is 14.3. The van der Waals surface area contributed by atoms with Crippen LogP contribution >= 0.6 is 0 Å². The molecule has 1 fully saturated rings. The zero-order valence-corrected chi connectivity index (χ0v) is 12.6. The highest BCUT2D eigenvalue weighted by Crippen LogP contribution is 2.27. The van der Waals surface area contributed by atoms with Crippen molar-refractivity contribution in [2.45, 2.75) is 31.6 Å². The van der Waals surface area contributed by atoms with Crippen molar-refractivity contribution in [1.29, 1.82) is 0 Å². The zero-order chi connectivity index (χ0) is 14.3. The van der Waals surface area contributed by atoms with Gasteiger partial charge in [0, 0.05) is 31.9 Å². The Morgan fingerprint density at radius 1 is 1.42 bits per heavy atom. The Bertz CT molecular complexity index is 551. The summed E-state index contributed by atoms with van der Waals surface area (Å²) in [5, 5.41) is 10.3. The average Bonchev–Trinajstić information content (AvgIpc) is 2.77. The highest BCUT2D eigenvalue weighted by molar-refractivity contribution is 7.91. The molecule has 19 heavy (non-hydrogen) atoms. The molecule has 8 heteroatoms. The largest absolute Gasteiger partial charge is 0.337 e. The van der Waals surface area contributed by atoms with E-state index in [0.29, 0.717) is 17.8 Å². The van der Waals surface area contributed by atoms with Crippen molar-refractivity contribution in [2.75, 3.05) is 30.8 Å². The van der Waals surface area contributed by atoms with E-state index < -0.39 is 14.6 Å². The number of H-pyrrole nitrogens is 1. The average molecular weight is 287 g/mol. The molecule has 1 aliphatic heterocycles. The van der Waals surface area contributed by atoms with Gasteiger partial charge in [-0.1, -0.05) is 0 Å². The second kappa shape index (κ2) is 4.75. The fraction of sp³-hybridized carbons (Fsp3) is 0.818. The maximum absolute atomic E-state index is 11.8. The highest BCUT2D eigenvalue weighted by atomic mass is 32.2.